The number of hydrogen-bond donors (Lipinski definition) is 2. The highest BCUT2D eigenvalue weighted by Gasteiger charge is 2.33. The Bertz CT molecular complexity index is 577. The Labute approximate surface area is 124 Å². The number of ether oxygens (including phenoxy) is 1. The second-order valence-corrected chi connectivity index (χ2v) is 6.00. The van der Waals surface area contributed by atoms with Gasteiger partial charge in [0, 0.05) is 18.0 Å². The molecule has 112 valence electrons. The van der Waals surface area contributed by atoms with Crippen LogP contribution in [0, 0.1) is 5.92 Å². The Hall–Kier alpha value is -1.88. The van der Waals surface area contributed by atoms with Crippen LogP contribution in [0.5, 0.6) is 0 Å². The summed E-state index contributed by atoms with van der Waals surface area (Å²) >= 11 is 0. The van der Waals surface area contributed by atoms with Crippen molar-refractivity contribution in [2.75, 3.05) is 17.2 Å². The van der Waals surface area contributed by atoms with Gasteiger partial charge in [-0.05, 0) is 42.5 Å². The molecule has 2 atom stereocenters. The SMILES string of the molecule is CC(C)C1C(=O)Nc2ccc(NC(=O)C3CCCO3)cc21. The van der Waals surface area contributed by atoms with Gasteiger partial charge in [-0.25, -0.2) is 0 Å². The molecule has 2 aliphatic rings. The smallest absolute Gasteiger partial charge is 0.253 e. The summed E-state index contributed by atoms with van der Waals surface area (Å²) in [6.07, 6.45) is 1.35. The normalized spacial score (nSPS) is 24.0. The summed E-state index contributed by atoms with van der Waals surface area (Å²) in [5.74, 6) is -0.0108. The highest BCUT2D eigenvalue weighted by atomic mass is 16.5. The standard InChI is InChI=1S/C16H20N2O3/c1-9(2)14-11-8-10(5-6-12(11)18-16(14)20)17-15(19)13-4-3-7-21-13/h5-6,8-9,13-14H,3-4,7H2,1-2H3,(H,17,19)(H,18,20). The zero-order valence-corrected chi connectivity index (χ0v) is 12.3. The maximum absolute atomic E-state index is 12.1. The molecule has 0 spiro atoms. The molecule has 2 aliphatic heterocycles. The fourth-order valence-electron chi connectivity index (χ4n) is 3.03. The first-order valence-electron chi connectivity index (χ1n) is 7.43. The Morgan fingerprint density at radius 3 is 2.90 bits per heavy atom. The molecule has 5 nitrogen and oxygen atoms in total. The highest BCUT2D eigenvalue weighted by molar-refractivity contribution is 6.04. The highest BCUT2D eigenvalue weighted by Crippen LogP contribution is 2.38. The van der Waals surface area contributed by atoms with Crippen molar-refractivity contribution in [1.29, 1.82) is 0 Å². The molecule has 3 rings (SSSR count). The zero-order valence-electron chi connectivity index (χ0n) is 12.3. The lowest BCUT2D eigenvalue weighted by Crippen LogP contribution is -2.26. The minimum atomic E-state index is -0.348. The quantitative estimate of drug-likeness (QED) is 0.898. The maximum atomic E-state index is 12.1. The summed E-state index contributed by atoms with van der Waals surface area (Å²) < 4.78 is 5.38. The van der Waals surface area contributed by atoms with Crippen molar-refractivity contribution in [1.82, 2.24) is 0 Å². The van der Waals surface area contributed by atoms with Crippen molar-refractivity contribution in [3.63, 3.8) is 0 Å². The molecule has 1 aromatic rings. The Kier molecular flexibility index (Phi) is 3.68. The van der Waals surface area contributed by atoms with Crippen molar-refractivity contribution in [3.05, 3.63) is 23.8 Å². The second kappa shape index (κ2) is 5.48. The Balaban J connectivity index is 1.80. The van der Waals surface area contributed by atoms with Gasteiger partial charge in [0.15, 0.2) is 0 Å². The third-order valence-electron chi connectivity index (χ3n) is 4.08. The predicted molar refractivity (Wildman–Crippen MR) is 80.3 cm³/mol. The molecule has 1 fully saturated rings. The predicted octanol–water partition coefficient (Wildman–Crippen LogP) is 2.50. The summed E-state index contributed by atoms with van der Waals surface area (Å²) in [4.78, 5) is 24.1. The fraction of sp³-hybridized carbons (Fsp3) is 0.500. The first kappa shape index (κ1) is 14.1. The van der Waals surface area contributed by atoms with E-state index in [0.717, 1.165) is 29.8 Å². The minimum absolute atomic E-state index is 0.0302. The topological polar surface area (TPSA) is 67.4 Å². The molecule has 0 bridgehead atoms. The van der Waals surface area contributed by atoms with Gasteiger partial charge in [0.2, 0.25) is 5.91 Å². The van der Waals surface area contributed by atoms with Gasteiger partial charge in [-0.15, -0.1) is 0 Å². The molecule has 2 N–H and O–H groups in total. The average molecular weight is 288 g/mol. The Morgan fingerprint density at radius 1 is 1.43 bits per heavy atom. The summed E-state index contributed by atoms with van der Waals surface area (Å²) in [6.45, 7) is 4.70. The van der Waals surface area contributed by atoms with E-state index in [4.69, 9.17) is 4.74 Å². The van der Waals surface area contributed by atoms with Crippen LogP contribution in [-0.4, -0.2) is 24.5 Å². The first-order chi connectivity index (χ1) is 10.1. The summed E-state index contributed by atoms with van der Waals surface area (Å²) in [5.41, 5.74) is 2.52. The van der Waals surface area contributed by atoms with Crippen LogP contribution in [0.2, 0.25) is 0 Å². The van der Waals surface area contributed by atoms with Gasteiger partial charge >= 0.3 is 0 Å². The number of rotatable bonds is 3. The number of carbonyl (C=O) groups is 2. The molecular formula is C16H20N2O3. The maximum Gasteiger partial charge on any atom is 0.253 e. The number of benzene rings is 1. The van der Waals surface area contributed by atoms with Crippen LogP contribution in [0.25, 0.3) is 0 Å². The molecule has 0 saturated carbocycles. The lowest BCUT2D eigenvalue weighted by molar-refractivity contribution is -0.124. The monoisotopic (exact) mass is 288 g/mol. The van der Waals surface area contributed by atoms with E-state index in [1.54, 1.807) is 0 Å². The van der Waals surface area contributed by atoms with E-state index in [9.17, 15) is 9.59 Å². The van der Waals surface area contributed by atoms with Gasteiger partial charge in [-0.2, -0.15) is 0 Å². The summed E-state index contributed by atoms with van der Waals surface area (Å²) in [6, 6.07) is 5.56. The van der Waals surface area contributed by atoms with E-state index >= 15 is 0 Å². The third-order valence-corrected chi connectivity index (χ3v) is 4.08. The lowest BCUT2D eigenvalue weighted by Gasteiger charge is -2.15. The largest absolute Gasteiger partial charge is 0.368 e. The van der Waals surface area contributed by atoms with Gasteiger partial charge < -0.3 is 15.4 Å². The van der Waals surface area contributed by atoms with Crippen LogP contribution in [0.15, 0.2) is 18.2 Å². The van der Waals surface area contributed by atoms with Crippen LogP contribution < -0.4 is 10.6 Å². The number of anilines is 2. The molecule has 0 aromatic heterocycles. The number of nitrogens with one attached hydrogen (secondary N) is 2. The van der Waals surface area contributed by atoms with Crippen molar-refractivity contribution in [2.24, 2.45) is 5.92 Å². The molecule has 2 heterocycles. The van der Waals surface area contributed by atoms with Crippen molar-refractivity contribution in [2.45, 2.75) is 38.7 Å². The molecule has 5 heteroatoms. The molecule has 1 aromatic carbocycles. The van der Waals surface area contributed by atoms with E-state index in [1.807, 2.05) is 32.0 Å². The van der Waals surface area contributed by atoms with Crippen LogP contribution in [-0.2, 0) is 14.3 Å². The molecule has 21 heavy (non-hydrogen) atoms. The zero-order chi connectivity index (χ0) is 15.0. The molecule has 1 saturated heterocycles. The number of amides is 2. The van der Waals surface area contributed by atoms with Crippen LogP contribution in [0.4, 0.5) is 11.4 Å². The fourth-order valence-corrected chi connectivity index (χ4v) is 3.03. The number of fused-ring (bicyclic) bond motifs is 1. The molecule has 2 amide bonds. The van der Waals surface area contributed by atoms with Crippen LogP contribution >= 0.6 is 0 Å². The molecule has 0 radical (unpaired) electrons. The van der Waals surface area contributed by atoms with E-state index in [0.29, 0.717) is 6.61 Å². The van der Waals surface area contributed by atoms with Gasteiger partial charge in [-0.1, -0.05) is 13.8 Å². The minimum Gasteiger partial charge on any atom is -0.368 e. The van der Waals surface area contributed by atoms with Crippen molar-refractivity contribution in [3.8, 4) is 0 Å². The van der Waals surface area contributed by atoms with Gasteiger partial charge in [0.1, 0.15) is 6.10 Å². The molecule has 0 aliphatic carbocycles. The number of carbonyl (C=O) groups excluding carboxylic acids is 2. The van der Waals surface area contributed by atoms with E-state index in [1.165, 1.54) is 0 Å². The van der Waals surface area contributed by atoms with Crippen molar-refractivity contribution >= 4 is 23.2 Å². The first-order valence-corrected chi connectivity index (χ1v) is 7.43. The summed E-state index contributed by atoms with van der Waals surface area (Å²) in [5, 5.41) is 5.77. The lowest BCUT2D eigenvalue weighted by atomic mass is 9.89. The van der Waals surface area contributed by atoms with E-state index in [2.05, 4.69) is 10.6 Å². The second-order valence-electron chi connectivity index (χ2n) is 6.00. The molecular weight excluding hydrogens is 268 g/mol. The van der Waals surface area contributed by atoms with Crippen molar-refractivity contribution < 1.29 is 14.3 Å². The summed E-state index contributed by atoms with van der Waals surface area (Å²) in [7, 11) is 0. The van der Waals surface area contributed by atoms with Crippen LogP contribution in [0.3, 0.4) is 0 Å². The van der Waals surface area contributed by atoms with Gasteiger partial charge in [-0.3, -0.25) is 9.59 Å². The molecule has 2 unspecified atom stereocenters. The van der Waals surface area contributed by atoms with E-state index < -0.39 is 0 Å². The van der Waals surface area contributed by atoms with E-state index in [-0.39, 0.29) is 29.8 Å². The van der Waals surface area contributed by atoms with Crippen LogP contribution in [0.1, 0.15) is 38.2 Å². The van der Waals surface area contributed by atoms with Gasteiger partial charge in [0.25, 0.3) is 5.91 Å². The Morgan fingerprint density at radius 2 is 2.24 bits per heavy atom. The van der Waals surface area contributed by atoms with Gasteiger partial charge in [0.05, 0.1) is 5.92 Å². The third kappa shape index (κ3) is 2.65. The average Bonchev–Trinajstić information content (AvgIpc) is 3.04. The number of hydrogen-bond acceptors (Lipinski definition) is 3.